The van der Waals surface area contributed by atoms with Gasteiger partial charge >= 0.3 is 0 Å². The van der Waals surface area contributed by atoms with Crippen molar-refractivity contribution in [3.05, 3.63) is 58.6 Å². The van der Waals surface area contributed by atoms with Gasteiger partial charge in [-0.3, -0.25) is 13.9 Å². The monoisotopic (exact) mass is 553 g/mol. The molecule has 0 bridgehead atoms. The summed E-state index contributed by atoms with van der Waals surface area (Å²) in [5, 5.41) is 2.76. The van der Waals surface area contributed by atoms with Crippen molar-refractivity contribution < 1.29 is 22.7 Å². The molecule has 34 heavy (non-hydrogen) atoms. The Hall–Kier alpha value is -2.59. The number of carbonyl (C=O) groups is 2. The van der Waals surface area contributed by atoms with E-state index in [9.17, 15) is 18.0 Å². The summed E-state index contributed by atoms with van der Waals surface area (Å²) in [4.78, 5) is 27.2. The number of methoxy groups -OCH3 is 1. The summed E-state index contributed by atoms with van der Waals surface area (Å²) in [6, 6.07) is 13.7. The molecule has 2 amide bonds. The van der Waals surface area contributed by atoms with E-state index in [4.69, 9.17) is 4.74 Å². The molecule has 0 fully saturated rings. The number of amides is 2. The SMILES string of the molecule is CCNC(=O)[C@@H](C)N(Cc1cccc(Br)c1)C(=O)CCCN(c1ccccc1OC)S(C)(=O)=O. The molecule has 10 heteroatoms. The van der Waals surface area contributed by atoms with Gasteiger partial charge in [-0.15, -0.1) is 0 Å². The number of nitrogens with zero attached hydrogens (tertiary/aromatic N) is 2. The molecule has 0 unspecified atom stereocenters. The predicted molar refractivity (Wildman–Crippen MR) is 137 cm³/mol. The summed E-state index contributed by atoms with van der Waals surface area (Å²) in [6.45, 7) is 4.34. The van der Waals surface area contributed by atoms with Crippen LogP contribution in [0.3, 0.4) is 0 Å². The number of halogens is 1. The van der Waals surface area contributed by atoms with Crippen molar-refractivity contribution in [1.82, 2.24) is 10.2 Å². The molecule has 1 atom stereocenters. The van der Waals surface area contributed by atoms with E-state index < -0.39 is 16.1 Å². The highest BCUT2D eigenvalue weighted by Gasteiger charge is 2.27. The summed E-state index contributed by atoms with van der Waals surface area (Å²) in [5.74, 6) is -0.0368. The van der Waals surface area contributed by atoms with Crippen molar-refractivity contribution in [2.45, 2.75) is 39.3 Å². The highest BCUT2D eigenvalue weighted by atomic mass is 79.9. The average molecular weight is 555 g/mol. The molecule has 8 nitrogen and oxygen atoms in total. The van der Waals surface area contributed by atoms with Crippen LogP contribution in [0.5, 0.6) is 5.75 Å². The fourth-order valence-corrected chi connectivity index (χ4v) is 4.97. The summed E-state index contributed by atoms with van der Waals surface area (Å²) < 4.78 is 32.4. The van der Waals surface area contributed by atoms with Crippen molar-refractivity contribution in [3.63, 3.8) is 0 Å². The van der Waals surface area contributed by atoms with Crippen molar-refractivity contribution in [2.75, 3.05) is 30.8 Å². The van der Waals surface area contributed by atoms with Gasteiger partial charge < -0.3 is 15.0 Å². The van der Waals surface area contributed by atoms with Crippen LogP contribution < -0.4 is 14.4 Å². The van der Waals surface area contributed by atoms with Crippen LogP contribution in [0.1, 0.15) is 32.3 Å². The summed E-state index contributed by atoms with van der Waals surface area (Å²) in [7, 11) is -2.12. The lowest BCUT2D eigenvalue weighted by Gasteiger charge is -2.29. The van der Waals surface area contributed by atoms with E-state index in [0.717, 1.165) is 16.3 Å². The minimum absolute atomic E-state index is 0.0823. The first-order chi connectivity index (χ1) is 16.1. The molecule has 0 saturated carbocycles. The van der Waals surface area contributed by atoms with E-state index in [0.29, 0.717) is 18.0 Å². The molecule has 0 heterocycles. The maximum absolute atomic E-state index is 13.2. The second kappa shape index (κ2) is 12.8. The van der Waals surface area contributed by atoms with E-state index in [1.165, 1.54) is 16.3 Å². The molecule has 2 aromatic carbocycles. The van der Waals surface area contributed by atoms with Crippen LogP contribution in [0.15, 0.2) is 53.0 Å². The van der Waals surface area contributed by atoms with Crippen molar-refractivity contribution in [1.29, 1.82) is 0 Å². The number of benzene rings is 2. The molecule has 0 saturated heterocycles. The Labute approximate surface area is 210 Å². The van der Waals surface area contributed by atoms with E-state index in [-0.39, 0.29) is 37.7 Å². The van der Waals surface area contributed by atoms with Gasteiger partial charge in [0.25, 0.3) is 0 Å². The van der Waals surface area contributed by atoms with Crippen molar-refractivity contribution in [3.8, 4) is 5.75 Å². The van der Waals surface area contributed by atoms with Gasteiger partial charge in [0.05, 0.1) is 19.1 Å². The lowest BCUT2D eigenvalue weighted by molar-refractivity contribution is -0.140. The number of likely N-dealkylation sites (N-methyl/N-ethyl adjacent to an activating group) is 1. The molecule has 0 aromatic heterocycles. The lowest BCUT2D eigenvalue weighted by atomic mass is 10.1. The molecular weight excluding hydrogens is 522 g/mol. The number of anilines is 1. The van der Waals surface area contributed by atoms with Crippen LogP contribution in [0.4, 0.5) is 5.69 Å². The van der Waals surface area contributed by atoms with Crippen LogP contribution in [0.2, 0.25) is 0 Å². The van der Waals surface area contributed by atoms with Gasteiger partial charge in [0.1, 0.15) is 11.8 Å². The number of carbonyl (C=O) groups excluding carboxylic acids is 2. The summed E-state index contributed by atoms with van der Waals surface area (Å²) in [5.41, 5.74) is 1.30. The number of sulfonamides is 1. The topological polar surface area (TPSA) is 96.0 Å². The summed E-state index contributed by atoms with van der Waals surface area (Å²) in [6.07, 6.45) is 1.48. The minimum atomic E-state index is -3.60. The first-order valence-corrected chi connectivity index (χ1v) is 13.6. The Morgan fingerprint density at radius 3 is 2.47 bits per heavy atom. The molecule has 0 aliphatic heterocycles. The van der Waals surface area contributed by atoms with Crippen molar-refractivity contribution >= 4 is 43.5 Å². The smallest absolute Gasteiger partial charge is 0.242 e. The van der Waals surface area contributed by atoms with E-state index >= 15 is 0 Å². The number of rotatable bonds is 12. The number of hydrogen-bond donors (Lipinski definition) is 1. The van der Waals surface area contributed by atoms with Gasteiger partial charge in [0.15, 0.2) is 0 Å². The Morgan fingerprint density at radius 2 is 1.85 bits per heavy atom. The Bertz CT molecular complexity index is 1090. The highest BCUT2D eigenvalue weighted by Crippen LogP contribution is 2.29. The van der Waals surface area contributed by atoms with E-state index in [1.807, 2.05) is 31.2 Å². The average Bonchev–Trinajstić information content (AvgIpc) is 2.79. The zero-order valence-corrected chi connectivity index (χ0v) is 22.4. The largest absolute Gasteiger partial charge is 0.495 e. The van der Waals surface area contributed by atoms with Gasteiger partial charge in [-0.2, -0.15) is 0 Å². The first kappa shape index (κ1) is 27.7. The van der Waals surface area contributed by atoms with Gasteiger partial charge in [0.2, 0.25) is 21.8 Å². The third-order valence-corrected chi connectivity index (χ3v) is 6.94. The fraction of sp³-hybridized carbons (Fsp3) is 0.417. The molecule has 1 N–H and O–H groups in total. The van der Waals surface area contributed by atoms with Gasteiger partial charge in [0, 0.05) is 30.5 Å². The summed E-state index contributed by atoms with van der Waals surface area (Å²) >= 11 is 3.43. The quantitative estimate of drug-likeness (QED) is 0.433. The first-order valence-electron chi connectivity index (χ1n) is 11.0. The Balaban J connectivity index is 2.18. The lowest BCUT2D eigenvalue weighted by Crippen LogP contribution is -2.47. The maximum atomic E-state index is 13.2. The molecule has 2 rings (SSSR count). The molecule has 2 aromatic rings. The number of hydrogen-bond acceptors (Lipinski definition) is 5. The molecule has 186 valence electrons. The molecular formula is C24H32BrN3O5S. The molecule has 0 spiro atoms. The van der Waals surface area contributed by atoms with Crippen LogP contribution in [0, 0.1) is 0 Å². The third kappa shape index (κ3) is 7.73. The minimum Gasteiger partial charge on any atom is -0.495 e. The fourth-order valence-electron chi connectivity index (χ4n) is 3.55. The predicted octanol–water partition coefficient (Wildman–Crippen LogP) is 3.56. The molecule has 0 aliphatic rings. The normalized spacial score (nSPS) is 12.0. The third-order valence-electron chi connectivity index (χ3n) is 5.27. The maximum Gasteiger partial charge on any atom is 0.242 e. The second-order valence-electron chi connectivity index (χ2n) is 7.83. The van der Waals surface area contributed by atoms with Gasteiger partial charge in [-0.05, 0) is 50.1 Å². The number of ether oxygens (including phenoxy) is 1. The van der Waals surface area contributed by atoms with Crippen molar-refractivity contribution in [2.24, 2.45) is 0 Å². The Morgan fingerprint density at radius 1 is 1.15 bits per heavy atom. The highest BCUT2D eigenvalue weighted by molar-refractivity contribution is 9.10. The number of nitrogens with one attached hydrogen (secondary N) is 1. The van der Waals surface area contributed by atoms with Crippen LogP contribution >= 0.6 is 15.9 Å². The zero-order chi connectivity index (χ0) is 25.3. The zero-order valence-electron chi connectivity index (χ0n) is 20.0. The van der Waals surface area contributed by atoms with E-state index in [1.54, 1.807) is 31.2 Å². The van der Waals surface area contributed by atoms with Crippen LogP contribution in [0.25, 0.3) is 0 Å². The Kier molecular flexibility index (Phi) is 10.4. The second-order valence-corrected chi connectivity index (χ2v) is 10.7. The van der Waals surface area contributed by atoms with Crippen LogP contribution in [-0.4, -0.2) is 57.6 Å². The van der Waals surface area contributed by atoms with E-state index in [2.05, 4.69) is 21.2 Å². The van der Waals surface area contributed by atoms with Crippen LogP contribution in [-0.2, 0) is 26.2 Å². The molecule has 0 radical (unpaired) electrons. The number of para-hydroxylation sites is 2. The van der Waals surface area contributed by atoms with Gasteiger partial charge in [-0.1, -0.05) is 40.2 Å². The molecule has 0 aliphatic carbocycles. The standard InChI is InChI=1S/C24H32BrN3O5S/c1-5-26-24(30)18(2)27(17-19-10-8-11-20(25)16-19)23(29)14-9-15-28(34(4,31)32)21-12-6-7-13-22(21)33-3/h6-8,10-13,16,18H,5,9,14-15,17H2,1-4H3,(H,26,30)/t18-/m1/s1. The van der Waals surface area contributed by atoms with Gasteiger partial charge in [-0.25, -0.2) is 8.42 Å².